The van der Waals surface area contributed by atoms with Crippen LogP contribution in [-0.4, -0.2) is 29.9 Å². The van der Waals surface area contributed by atoms with Gasteiger partial charge in [0.15, 0.2) is 0 Å². The van der Waals surface area contributed by atoms with E-state index in [9.17, 15) is 9.59 Å². The molecule has 5 heteroatoms. The van der Waals surface area contributed by atoms with Crippen LogP contribution in [0.2, 0.25) is 0 Å². The van der Waals surface area contributed by atoms with E-state index in [-0.39, 0.29) is 12.3 Å². The Morgan fingerprint density at radius 2 is 1.88 bits per heavy atom. The standard InChI is InChI=1S/C12H25N3O2/c1-9(2)14-7-5-6-11(17)15-12(3,4)8-10(13)16/h9,14H,5-8H2,1-4H3,(H2,13,16)(H,15,17). The topological polar surface area (TPSA) is 84.2 Å². The second kappa shape index (κ2) is 7.27. The Kier molecular flexibility index (Phi) is 6.80. The summed E-state index contributed by atoms with van der Waals surface area (Å²) in [6.07, 6.45) is 1.40. The van der Waals surface area contributed by atoms with Crippen LogP contribution in [0.3, 0.4) is 0 Å². The Bertz CT molecular complexity index is 262. The molecular weight excluding hydrogens is 218 g/mol. The van der Waals surface area contributed by atoms with Crippen LogP contribution < -0.4 is 16.4 Å². The summed E-state index contributed by atoms with van der Waals surface area (Å²) in [5.74, 6) is -0.446. The van der Waals surface area contributed by atoms with Crippen molar-refractivity contribution in [3.05, 3.63) is 0 Å². The lowest BCUT2D eigenvalue weighted by atomic mass is 10.00. The van der Waals surface area contributed by atoms with Crippen molar-refractivity contribution < 1.29 is 9.59 Å². The van der Waals surface area contributed by atoms with Gasteiger partial charge in [-0.3, -0.25) is 9.59 Å². The fourth-order valence-corrected chi connectivity index (χ4v) is 1.56. The van der Waals surface area contributed by atoms with Crippen molar-refractivity contribution in [1.82, 2.24) is 10.6 Å². The van der Waals surface area contributed by atoms with E-state index in [0.717, 1.165) is 13.0 Å². The van der Waals surface area contributed by atoms with Gasteiger partial charge in [-0.15, -0.1) is 0 Å². The molecule has 0 heterocycles. The third-order valence-corrected chi connectivity index (χ3v) is 2.23. The fraction of sp³-hybridized carbons (Fsp3) is 0.833. The molecule has 0 atom stereocenters. The molecule has 0 bridgehead atoms. The van der Waals surface area contributed by atoms with Gasteiger partial charge in [-0.25, -0.2) is 0 Å². The van der Waals surface area contributed by atoms with Gasteiger partial charge in [0, 0.05) is 24.4 Å². The summed E-state index contributed by atoms with van der Waals surface area (Å²) in [5, 5.41) is 6.05. The Balaban J connectivity index is 3.81. The Morgan fingerprint density at radius 3 is 2.35 bits per heavy atom. The van der Waals surface area contributed by atoms with E-state index in [4.69, 9.17) is 5.73 Å². The quantitative estimate of drug-likeness (QED) is 0.544. The lowest BCUT2D eigenvalue weighted by Crippen LogP contribution is -2.46. The lowest BCUT2D eigenvalue weighted by molar-refractivity contribution is -0.124. The van der Waals surface area contributed by atoms with E-state index in [2.05, 4.69) is 24.5 Å². The van der Waals surface area contributed by atoms with Crippen molar-refractivity contribution in [3.63, 3.8) is 0 Å². The van der Waals surface area contributed by atoms with Crippen LogP contribution in [0.1, 0.15) is 47.0 Å². The molecule has 0 aliphatic heterocycles. The molecule has 0 fully saturated rings. The first-order valence-electron chi connectivity index (χ1n) is 6.05. The van der Waals surface area contributed by atoms with Crippen molar-refractivity contribution in [1.29, 1.82) is 0 Å². The highest BCUT2D eigenvalue weighted by Crippen LogP contribution is 2.07. The number of rotatable bonds is 8. The first kappa shape index (κ1) is 15.9. The van der Waals surface area contributed by atoms with Crippen LogP contribution in [0.4, 0.5) is 0 Å². The molecule has 0 saturated carbocycles. The molecule has 0 aliphatic rings. The van der Waals surface area contributed by atoms with Crippen molar-refractivity contribution >= 4 is 11.8 Å². The predicted molar refractivity (Wildman–Crippen MR) is 68.4 cm³/mol. The maximum atomic E-state index is 11.6. The molecule has 0 aromatic heterocycles. The minimum atomic E-state index is -0.561. The van der Waals surface area contributed by atoms with Gasteiger partial charge in [-0.2, -0.15) is 0 Å². The largest absolute Gasteiger partial charge is 0.370 e. The van der Waals surface area contributed by atoms with Crippen LogP contribution in [0.25, 0.3) is 0 Å². The molecule has 0 rings (SSSR count). The maximum absolute atomic E-state index is 11.6. The van der Waals surface area contributed by atoms with Crippen LogP contribution >= 0.6 is 0 Å². The van der Waals surface area contributed by atoms with E-state index in [0.29, 0.717) is 12.5 Å². The van der Waals surface area contributed by atoms with Crippen LogP contribution in [0, 0.1) is 0 Å². The van der Waals surface area contributed by atoms with Gasteiger partial charge in [0.1, 0.15) is 0 Å². The second-order valence-corrected chi connectivity index (χ2v) is 5.29. The number of amides is 2. The summed E-state index contributed by atoms with van der Waals surface area (Å²) < 4.78 is 0. The first-order valence-corrected chi connectivity index (χ1v) is 6.05. The summed E-state index contributed by atoms with van der Waals surface area (Å²) in [7, 11) is 0. The number of carbonyl (C=O) groups is 2. The van der Waals surface area contributed by atoms with Crippen molar-refractivity contribution in [3.8, 4) is 0 Å². The molecule has 5 nitrogen and oxygen atoms in total. The average Bonchev–Trinajstić information content (AvgIpc) is 2.08. The fourth-order valence-electron chi connectivity index (χ4n) is 1.56. The SMILES string of the molecule is CC(C)NCCCC(=O)NC(C)(C)CC(N)=O. The number of hydrogen-bond donors (Lipinski definition) is 3. The summed E-state index contributed by atoms with van der Waals surface area (Å²) in [6.45, 7) is 8.54. The maximum Gasteiger partial charge on any atom is 0.220 e. The third kappa shape index (κ3) is 9.81. The summed E-state index contributed by atoms with van der Waals surface area (Å²) >= 11 is 0. The molecule has 0 saturated heterocycles. The number of nitrogens with one attached hydrogen (secondary N) is 2. The summed E-state index contributed by atoms with van der Waals surface area (Å²) in [6, 6.07) is 0.435. The molecule has 2 amide bonds. The van der Waals surface area contributed by atoms with Gasteiger partial charge in [0.25, 0.3) is 0 Å². The number of primary amides is 1. The predicted octanol–water partition coefficient (Wildman–Crippen LogP) is 0.535. The minimum Gasteiger partial charge on any atom is -0.370 e. The third-order valence-electron chi connectivity index (χ3n) is 2.23. The Morgan fingerprint density at radius 1 is 1.29 bits per heavy atom. The van der Waals surface area contributed by atoms with Gasteiger partial charge in [-0.05, 0) is 26.8 Å². The summed E-state index contributed by atoms with van der Waals surface area (Å²) in [4.78, 5) is 22.4. The molecule has 100 valence electrons. The average molecular weight is 243 g/mol. The molecule has 0 aromatic rings. The molecule has 0 radical (unpaired) electrons. The van der Waals surface area contributed by atoms with Crippen molar-refractivity contribution in [2.24, 2.45) is 5.73 Å². The molecule has 0 spiro atoms. The van der Waals surface area contributed by atoms with Crippen LogP contribution in [-0.2, 0) is 9.59 Å². The number of carbonyl (C=O) groups excluding carboxylic acids is 2. The normalized spacial score (nSPS) is 11.6. The number of hydrogen-bond acceptors (Lipinski definition) is 3. The highest BCUT2D eigenvalue weighted by molar-refractivity contribution is 5.79. The minimum absolute atomic E-state index is 0.0400. The van der Waals surface area contributed by atoms with Crippen LogP contribution in [0.15, 0.2) is 0 Å². The monoisotopic (exact) mass is 243 g/mol. The molecule has 0 aliphatic carbocycles. The first-order chi connectivity index (χ1) is 7.73. The lowest BCUT2D eigenvalue weighted by Gasteiger charge is -2.24. The number of nitrogens with two attached hydrogens (primary N) is 1. The van der Waals surface area contributed by atoms with E-state index in [1.165, 1.54) is 0 Å². The van der Waals surface area contributed by atoms with Crippen molar-refractivity contribution in [2.75, 3.05) is 6.54 Å². The Labute approximate surface area is 104 Å². The molecule has 17 heavy (non-hydrogen) atoms. The summed E-state index contributed by atoms with van der Waals surface area (Å²) in [5.41, 5.74) is 4.55. The zero-order valence-corrected chi connectivity index (χ0v) is 11.3. The zero-order chi connectivity index (χ0) is 13.5. The van der Waals surface area contributed by atoms with E-state index >= 15 is 0 Å². The molecule has 4 N–H and O–H groups in total. The van der Waals surface area contributed by atoms with E-state index < -0.39 is 11.4 Å². The molecule has 0 aromatic carbocycles. The van der Waals surface area contributed by atoms with Gasteiger partial charge in [-0.1, -0.05) is 13.8 Å². The second-order valence-electron chi connectivity index (χ2n) is 5.29. The Hall–Kier alpha value is -1.10. The van der Waals surface area contributed by atoms with E-state index in [1.54, 1.807) is 13.8 Å². The van der Waals surface area contributed by atoms with Gasteiger partial charge < -0.3 is 16.4 Å². The van der Waals surface area contributed by atoms with Gasteiger partial charge in [0.2, 0.25) is 11.8 Å². The van der Waals surface area contributed by atoms with Crippen molar-refractivity contribution in [2.45, 2.75) is 58.5 Å². The van der Waals surface area contributed by atoms with Crippen LogP contribution in [0.5, 0.6) is 0 Å². The molecular formula is C12H25N3O2. The highest BCUT2D eigenvalue weighted by Gasteiger charge is 2.22. The molecule has 0 unspecified atom stereocenters. The van der Waals surface area contributed by atoms with E-state index in [1.807, 2.05) is 0 Å². The smallest absolute Gasteiger partial charge is 0.220 e. The highest BCUT2D eigenvalue weighted by atomic mass is 16.2. The van der Waals surface area contributed by atoms with Gasteiger partial charge in [0.05, 0.1) is 0 Å². The van der Waals surface area contributed by atoms with Gasteiger partial charge >= 0.3 is 0 Å². The zero-order valence-electron chi connectivity index (χ0n) is 11.3.